The first-order valence-electron chi connectivity index (χ1n) is 2.58. The van der Waals surface area contributed by atoms with Crippen molar-refractivity contribution in [2.75, 3.05) is 14.1 Å². The highest BCUT2D eigenvalue weighted by Crippen LogP contribution is 2.31. The van der Waals surface area contributed by atoms with Crippen molar-refractivity contribution in [3.8, 4) is 0 Å². The second-order valence-electron chi connectivity index (χ2n) is 1.82. The number of rotatable bonds is 1. The Morgan fingerprint density at radius 3 is 2.38 bits per heavy atom. The molecule has 0 aromatic carbocycles. The van der Waals surface area contributed by atoms with E-state index < -0.39 is 0 Å². The van der Waals surface area contributed by atoms with Crippen LogP contribution in [-0.2, 0) is 0 Å². The van der Waals surface area contributed by atoms with Gasteiger partial charge in [-0.2, -0.15) is 0 Å². The maximum atomic E-state index is 3.77. The Labute approximate surface area is 49.5 Å². The Balaban J connectivity index is 2.55. The van der Waals surface area contributed by atoms with Crippen LogP contribution < -0.4 is 5.32 Å². The van der Waals surface area contributed by atoms with E-state index in [0.29, 0.717) is 0 Å². The Bertz CT molecular complexity index is 147. The average Bonchev–Trinajstić information content (AvgIpc) is 2.25. The van der Waals surface area contributed by atoms with E-state index in [2.05, 4.69) is 11.9 Å². The lowest BCUT2D eigenvalue weighted by atomic mass is 10.6. The molecule has 1 fully saturated rings. The Hall–Kier alpha value is -0.920. The number of nitrogens with one attached hydrogen (secondary N) is 1. The standard InChI is InChI=1S/C6H10N2/c1-5-6(4-7-2)8(5)3/h4,7H,1H2,2-3H3/b6-4-. The number of hydrogen-bond acceptors (Lipinski definition) is 2. The minimum absolute atomic E-state index is 1.11. The molecule has 0 aliphatic carbocycles. The van der Waals surface area contributed by atoms with Gasteiger partial charge in [-0.25, -0.2) is 0 Å². The van der Waals surface area contributed by atoms with Gasteiger partial charge in [0.05, 0.1) is 11.4 Å². The van der Waals surface area contributed by atoms with Crippen molar-refractivity contribution in [1.29, 1.82) is 0 Å². The van der Waals surface area contributed by atoms with Crippen LogP contribution in [0.2, 0.25) is 0 Å². The Morgan fingerprint density at radius 2 is 2.25 bits per heavy atom. The van der Waals surface area contributed by atoms with Gasteiger partial charge >= 0.3 is 0 Å². The third-order valence-corrected chi connectivity index (χ3v) is 1.29. The van der Waals surface area contributed by atoms with Crippen LogP contribution in [0.15, 0.2) is 24.2 Å². The van der Waals surface area contributed by atoms with Gasteiger partial charge in [0.1, 0.15) is 0 Å². The molecule has 0 bridgehead atoms. The topological polar surface area (TPSA) is 15.0 Å². The van der Waals surface area contributed by atoms with Gasteiger partial charge in [-0.1, -0.05) is 6.58 Å². The lowest BCUT2D eigenvalue weighted by Gasteiger charge is -1.80. The largest absolute Gasteiger partial charge is 0.392 e. The molecule has 1 saturated heterocycles. The van der Waals surface area contributed by atoms with Crippen molar-refractivity contribution in [2.24, 2.45) is 0 Å². The summed E-state index contributed by atoms with van der Waals surface area (Å²) in [5, 5.41) is 2.93. The molecular weight excluding hydrogens is 100 g/mol. The number of hydrogen-bond donors (Lipinski definition) is 1. The summed E-state index contributed by atoms with van der Waals surface area (Å²) in [7, 11) is 3.87. The Morgan fingerprint density at radius 1 is 1.75 bits per heavy atom. The molecule has 1 aliphatic heterocycles. The van der Waals surface area contributed by atoms with Crippen LogP contribution >= 0.6 is 0 Å². The van der Waals surface area contributed by atoms with Crippen molar-refractivity contribution < 1.29 is 0 Å². The van der Waals surface area contributed by atoms with Crippen LogP contribution in [0.5, 0.6) is 0 Å². The third kappa shape index (κ3) is 0.579. The minimum Gasteiger partial charge on any atom is -0.392 e. The van der Waals surface area contributed by atoms with E-state index in [9.17, 15) is 0 Å². The zero-order valence-electron chi connectivity index (χ0n) is 5.23. The van der Waals surface area contributed by atoms with Gasteiger partial charge in [-0.05, 0) is 0 Å². The molecule has 2 heteroatoms. The first-order chi connectivity index (χ1) is 3.77. The fraction of sp³-hybridized carbons (Fsp3) is 0.333. The maximum absolute atomic E-state index is 3.77. The molecule has 1 rings (SSSR count). The maximum Gasteiger partial charge on any atom is 0.0802 e. The van der Waals surface area contributed by atoms with Gasteiger partial charge in [0.25, 0.3) is 0 Å². The van der Waals surface area contributed by atoms with Gasteiger partial charge in [-0.15, -0.1) is 0 Å². The minimum atomic E-state index is 1.11. The fourth-order valence-electron chi connectivity index (χ4n) is 0.628. The first kappa shape index (κ1) is 5.22. The second kappa shape index (κ2) is 1.54. The van der Waals surface area contributed by atoms with Crippen LogP contribution in [0.25, 0.3) is 0 Å². The lowest BCUT2D eigenvalue weighted by Crippen LogP contribution is -1.91. The van der Waals surface area contributed by atoms with Gasteiger partial charge in [0.15, 0.2) is 0 Å². The normalized spacial score (nSPS) is 22.0. The van der Waals surface area contributed by atoms with E-state index in [1.165, 1.54) is 5.70 Å². The smallest absolute Gasteiger partial charge is 0.0802 e. The van der Waals surface area contributed by atoms with Crippen molar-refractivity contribution in [3.63, 3.8) is 0 Å². The lowest BCUT2D eigenvalue weighted by molar-refractivity contribution is 0.765. The van der Waals surface area contributed by atoms with E-state index in [1.54, 1.807) is 0 Å². The van der Waals surface area contributed by atoms with Gasteiger partial charge in [0.2, 0.25) is 0 Å². The highest BCUT2D eigenvalue weighted by molar-refractivity contribution is 5.43. The summed E-state index contributed by atoms with van der Waals surface area (Å²) in [6.45, 7) is 3.77. The summed E-state index contributed by atoms with van der Waals surface area (Å²) in [5.74, 6) is 0. The average molecular weight is 110 g/mol. The molecule has 2 nitrogen and oxygen atoms in total. The molecule has 0 atom stereocenters. The molecule has 0 spiro atoms. The zero-order chi connectivity index (χ0) is 6.15. The quantitative estimate of drug-likeness (QED) is 0.494. The molecule has 1 N–H and O–H groups in total. The predicted octanol–water partition coefficient (Wildman–Crippen LogP) is 0.506. The molecule has 1 heterocycles. The summed E-state index contributed by atoms with van der Waals surface area (Å²) in [6.07, 6.45) is 1.93. The van der Waals surface area contributed by atoms with Crippen LogP contribution in [0, 0.1) is 0 Å². The SMILES string of the molecule is C=C1/C(=C/NC)N1C. The van der Waals surface area contributed by atoms with Crippen LogP contribution in [-0.4, -0.2) is 19.0 Å². The molecule has 0 saturated carbocycles. The number of nitrogens with zero attached hydrogens (tertiary/aromatic N) is 1. The Kier molecular flexibility index (Phi) is 1.01. The summed E-state index contributed by atoms with van der Waals surface area (Å²) in [4.78, 5) is 2.02. The summed E-state index contributed by atoms with van der Waals surface area (Å²) in [6, 6.07) is 0. The van der Waals surface area contributed by atoms with Crippen molar-refractivity contribution in [3.05, 3.63) is 24.2 Å². The molecule has 8 heavy (non-hydrogen) atoms. The van der Waals surface area contributed by atoms with E-state index in [1.807, 2.05) is 25.2 Å². The molecule has 0 unspecified atom stereocenters. The van der Waals surface area contributed by atoms with Crippen molar-refractivity contribution >= 4 is 0 Å². The first-order valence-corrected chi connectivity index (χ1v) is 2.58. The van der Waals surface area contributed by atoms with E-state index in [-0.39, 0.29) is 0 Å². The molecule has 0 amide bonds. The molecular formula is C6H10N2. The predicted molar refractivity (Wildman–Crippen MR) is 34.0 cm³/mol. The second-order valence-corrected chi connectivity index (χ2v) is 1.82. The summed E-state index contributed by atoms with van der Waals surface area (Å²) < 4.78 is 0. The molecule has 44 valence electrons. The van der Waals surface area contributed by atoms with Gasteiger partial charge in [0, 0.05) is 20.3 Å². The van der Waals surface area contributed by atoms with E-state index >= 15 is 0 Å². The molecule has 0 radical (unpaired) electrons. The van der Waals surface area contributed by atoms with Crippen LogP contribution in [0.4, 0.5) is 0 Å². The fourth-order valence-corrected chi connectivity index (χ4v) is 0.628. The van der Waals surface area contributed by atoms with Crippen LogP contribution in [0.1, 0.15) is 0 Å². The summed E-state index contributed by atoms with van der Waals surface area (Å²) in [5.41, 5.74) is 2.31. The van der Waals surface area contributed by atoms with E-state index in [4.69, 9.17) is 0 Å². The summed E-state index contributed by atoms with van der Waals surface area (Å²) >= 11 is 0. The third-order valence-electron chi connectivity index (χ3n) is 1.29. The molecule has 0 aromatic rings. The zero-order valence-corrected chi connectivity index (χ0v) is 5.23. The highest BCUT2D eigenvalue weighted by Gasteiger charge is 2.25. The van der Waals surface area contributed by atoms with Crippen molar-refractivity contribution in [2.45, 2.75) is 0 Å². The van der Waals surface area contributed by atoms with Crippen molar-refractivity contribution in [1.82, 2.24) is 10.2 Å². The van der Waals surface area contributed by atoms with Crippen LogP contribution in [0.3, 0.4) is 0 Å². The monoisotopic (exact) mass is 110 g/mol. The van der Waals surface area contributed by atoms with Gasteiger partial charge in [-0.3, -0.25) is 0 Å². The number of likely N-dealkylation sites (N-methyl/N-ethyl adjacent to an activating group) is 1. The van der Waals surface area contributed by atoms with E-state index in [0.717, 1.165) is 5.70 Å². The van der Waals surface area contributed by atoms with Gasteiger partial charge < -0.3 is 10.2 Å². The molecule has 0 aromatic heterocycles. The highest BCUT2D eigenvalue weighted by atomic mass is 15.3. The molecule has 1 aliphatic rings.